The van der Waals surface area contributed by atoms with Gasteiger partial charge in [-0.3, -0.25) is 0 Å². The molecule has 2 aromatic rings. The molecule has 0 aliphatic carbocycles. The number of sulfonamides is 1. The number of hydrogen-bond donors (Lipinski definition) is 1. The van der Waals surface area contributed by atoms with Crippen molar-refractivity contribution < 1.29 is 17.5 Å². The molecule has 1 aliphatic heterocycles. The molecule has 134 valence electrons. The minimum absolute atomic E-state index is 0.117. The lowest BCUT2D eigenvalue weighted by Crippen LogP contribution is -2.29. The highest BCUT2D eigenvalue weighted by atomic mass is 32.2. The van der Waals surface area contributed by atoms with E-state index < -0.39 is 21.2 Å². The Labute approximate surface area is 147 Å². The van der Waals surface area contributed by atoms with Gasteiger partial charge in [-0.2, -0.15) is 4.39 Å². The van der Waals surface area contributed by atoms with Crippen LogP contribution in [-0.2, 0) is 14.8 Å². The Kier molecular flexibility index (Phi) is 5.17. The first-order valence-corrected chi connectivity index (χ1v) is 9.77. The van der Waals surface area contributed by atoms with Crippen LogP contribution < -0.4 is 5.14 Å². The zero-order valence-electron chi connectivity index (χ0n) is 13.9. The van der Waals surface area contributed by atoms with Crippen molar-refractivity contribution in [3.05, 3.63) is 54.1 Å². The molecule has 5 nitrogen and oxygen atoms in total. The zero-order valence-corrected chi connectivity index (χ0v) is 14.7. The predicted molar refractivity (Wildman–Crippen MR) is 93.9 cm³/mol. The molecule has 0 saturated carbocycles. The first kappa shape index (κ1) is 18.0. The Balaban J connectivity index is 1.75. The number of hydrogen-bond acceptors (Lipinski definition) is 4. The van der Waals surface area contributed by atoms with Crippen LogP contribution in [0.25, 0.3) is 11.1 Å². The van der Waals surface area contributed by atoms with E-state index in [-0.39, 0.29) is 11.8 Å². The molecule has 1 aromatic carbocycles. The summed E-state index contributed by atoms with van der Waals surface area (Å²) in [7, 11) is -3.54. The van der Waals surface area contributed by atoms with E-state index in [9.17, 15) is 12.8 Å². The Morgan fingerprint density at radius 2 is 1.88 bits per heavy atom. The summed E-state index contributed by atoms with van der Waals surface area (Å²) in [4.78, 5) is 3.67. The van der Waals surface area contributed by atoms with Gasteiger partial charge in [0.1, 0.15) is 0 Å². The maximum atomic E-state index is 12.9. The highest BCUT2D eigenvalue weighted by Gasteiger charge is 2.33. The number of nitrogens with zero attached hydrogens (tertiary/aromatic N) is 1. The van der Waals surface area contributed by atoms with Crippen LogP contribution in [0, 0.1) is 11.9 Å². The van der Waals surface area contributed by atoms with Crippen LogP contribution in [0.15, 0.2) is 42.6 Å². The summed E-state index contributed by atoms with van der Waals surface area (Å²) in [6.07, 6.45) is 1.98. The van der Waals surface area contributed by atoms with Crippen molar-refractivity contribution in [2.45, 2.75) is 24.5 Å². The molecule has 3 unspecified atom stereocenters. The maximum Gasteiger partial charge on any atom is 0.212 e. The van der Waals surface area contributed by atoms with E-state index >= 15 is 0 Å². The van der Waals surface area contributed by atoms with Gasteiger partial charge in [0.15, 0.2) is 0 Å². The lowest BCUT2D eigenvalue weighted by Gasteiger charge is -2.21. The summed E-state index contributed by atoms with van der Waals surface area (Å²) in [5.74, 6) is -0.244. The van der Waals surface area contributed by atoms with E-state index in [0.717, 1.165) is 16.7 Å². The minimum Gasteiger partial charge on any atom is -0.380 e. The fraction of sp³-hybridized carbons (Fsp3) is 0.389. The molecular formula is C18H21FN2O3S. The van der Waals surface area contributed by atoms with Crippen LogP contribution in [0.4, 0.5) is 4.39 Å². The van der Waals surface area contributed by atoms with Crippen LogP contribution >= 0.6 is 0 Å². The lowest BCUT2D eigenvalue weighted by atomic mass is 9.85. The topological polar surface area (TPSA) is 82.3 Å². The molecule has 2 N–H and O–H groups in total. The Bertz CT molecular complexity index is 822. The lowest BCUT2D eigenvalue weighted by molar-refractivity contribution is 0.183. The van der Waals surface area contributed by atoms with E-state index in [2.05, 4.69) is 4.98 Å². The highest BCUT2D eigenvalue weighted by molar-refractivity contribution is 7.89. The highest BCUT2D eigenvalue weighted by Crippen LogP contribution is 2.35. The molecule has 2 heterocycles. The maximum absolute atomic E-state index is 12.9. The van der Waals surface area contributed by atoms with Crippen molar-refractivity contribution in [3.8, 4) is 11.1 Å². The van der Waals surface area contributed by atoms with Crippen molar-refractivity contribution in [2.24, 2.45) is 11.1 Å². The van der Waals surface area contributed by atoms with Crippen LogP contribution in [-0.4, -0.2) is 31.9 Å². The van der Waals surface area contributed by atoms with Crippen LogP contribution in [0.5, 0.6) is 0 Å². The van der Waals surface area contributed by atoms with Gasteiger partial charge < -0.3 is 4.74 Å². The molecule has 0 radical (unpaired) electrons. The second-order valence-electron chi connectivity index (χ2n) is 6.53. The number of pyridine rings is 1. The smallest absolute Gasteiger partial charge is 0.212 e. The molecule has 0 bridgehead atoms. The van der Waals surface area contributed by atoms with Gasteiger partial charge in [-0.25, -0.2) is 18.5 Å². The average molecular weight is 364 g/mol. The third-order valence-corrected chi connectivity index (χ3v) is 6.11. The minimum atomic E-state index is -3.54. The molecule has 0 amide bonds. The van der Waals surface area contributed by atoms with Crippen LogP contribution in [0.2, 0.25) is 0 Å². The van der Waals surface area contributed by atoms with Crippen LogP contribution in [0.1, 0.15) is 24.8 Å². The van der Waals surface area contributed by atoms with E-state index in [4.69, 9.17) is 9.88 Å². The largest absolute Gasteiger partial charge is 0.380 e. The van der Waals surface area contributed by atoms with Gasteiger partial charge in [-0.05, 0) is 42.5 Å². The number of benzene rings is 1. The summed E-state index contributed by atoms with van der Waals surface area (Å²) in [5.41, 5.74) is 2.89. The summed E-state index contributed by atoms with van der Waals surface area (Å²) in [6.45, 7) is 2.74. The second-order valence-corrected chi connectivity index (χ2v) is 8.51. The van der Waals surface area contributed by atoms with Crippen molar-refractivity contribution in [2.75, 3.05) is 13.2 Å². The van der Waals surface area contributed by atoms with E-state index in [1.165, 1.54) is 12.3 Å². The van der Waals surface area contributed by atoms with E-state index in [1.807, 2.05) is 24.3 Å². The van der Waals surface area contributed by atoms with Gasteiger partial charge in [-0.15, -0.1) is 0 Å². The molecular weight excluding hydrogens is 343 g/mol. The fourth-order valence-corrected chi connectivity index (χ4v) is 3.74. The number of ether oxygens (including phenoxy) is 1. The third-order valence-electron chi connectivity index (χ3n) is 4.79. The van der Waals surface area contributed by atoms with Gasteiger partial charge in [0.2, 0.25) is 16.0 Å². The summed E-state index contributed by atoms with van der Waals surface area (Å²) in [6, 6.07) is 11.0. The van der Waals surface area contributed by atoms with Gasteiger partial charge in [0.25, 0.3) is 0 Å². The van der Waals surface area contributed by atoms with Gasteiger partial charge >= 0.3 is 0 Å². The first-order chi connectivity index (χ1) is 11.8. The van der Waals surface area contributed by atoms with Crippen molar-refractivity contribution >= 4 is 10.0 Å². The summed E-state index contributed by atoms with van der Waals surface area (Å²) < 4.78 is 41.5. The van der Waals surface area contributed by atoms with Gasteiger partial charge in [-0.1, -0.05) is 24.3 Å². The zero-order chi connectivity index (χ0) is 18.0. The Hall–Kier alpha value is -1.83. The van der Waals surface area contributed by atoms with Crippen molar-refractivity contribution in [3.63, 3.8) is 0 Å². The summed E-state index contributed by atoms with van der Waals surface area (Å²) in [5, 5.41) is 4.64. The Morgan fingerprint density at radius 1 is 1.20 bits per heavy atom. The summed E-state index contributed by atoms with van der Waals surface area (Å²) >= 11 is 0. The number of aromatic nitrogens is 1. The molecule has 1 fully saturated rings. The quantitative estimate of drug-likeness (QED) is 0.827. The fourth-order valence-electron chi connectivity index (χ4n) is 3.23. The first-order valence-electron chi connectivity index (χ1n) is 8.16. The third kappa shape index (κ3) is 4.23. The number of halogens is 1. The average Bonchev–Trinajstić information content (AvgIpc) is 3.03. The Morgan fingerprint density at radius 3 is 2.48 bits per heavy atom. The normalized spacial score (nSPS) is 22.0. The molecule has 1 aliphatic rings. The number of rotatable bonds is 5. The standard InChI is InChI=1S/C18H21FN2O3S/c1-12(25(20,22)23)8-16-10-24-11-17(16)14-4-2-13(3-5-14)15-6-7-18(19)21-9-15/h2-7,9,12,16-17H,8,10-11H2,1H3,(H2,20,22,23). The molecule has 3 atom stereocenters. The second kappa shape index (κ2) is 7.19. The number of primary sulfonamides is 1. The molecule has 7 heteroatoms. The van der Waals surface area contributed by atoms with Gasteiger partial charge in [0, 0.05) is 17.7 Å². The van der Waals surface area contributed by atoms with E-state index in [0.29, 0.717) is 19.6 Å². The molecule has 1 saturated heterocycles. The van der Waals surface area contributed by atoms with Crippen molar-refractivity contribution in [1.29, 1.82) is 0 Å². The number of nitrogens with two attached hydrogens (primary N) is 1. The molecule has 3 rings (SSSR count). The SMILES string of the molecule is CC(CC1COCC1c1ccc(-c2ccc(F)nc2)cc1)S(N)(=O)=O. The van der Waals surface area contributed by atoms with Gasteiger partial charge in [0.05, 0.1) is 18.5 Å². The monoisotopic (exact) mass is 364 g/mol. The van der Waals surface area contributed by atoms with Crippen LogP contribution in [0.3, 0.4) is 0 Å². The van der Waals surface area contributed by atoms with Crippen molar-refractivity contribution in [1.82, 2.24) is 4.98 Å². The molecule has 1 aromatic heterocycles. The van der Waals surface area contributed by atoms with E-state index in [1.54, 1.807) is 13.0 Å². The predicted octanol–water partition coefficient (Wildman–Crippen LogP) is 2.68. The molecule has 25 heavy (non-hydrogen) atoms. The molecule has 0 spiro atoms.